The Bertz CT molecular complexity index is 632. The van der Waals surface area contributed by atoms with Gasteiger partial charge in [0.2, 0.25) is 5.88 Å². The highest BCUT2D eigenvalue weighted by Gasteiger charge is 2.17. The predicted molar refractivity (Wildman–Crippen MR) is 61.0 cm³/mol. The van der Waals surface area contributed by atoms with Crippen molar-refractivity contribution in [2.24, 2.45) is 0 Å². The molecule has 2 rings (SSSR count). The summed E-state index contributed by atoms with van der Waals surface area (Å²) in [5.74, 6) is -0.375. The van der Waals surface area contributed by atoms with Crippen molar-refractivity contribution < 1.29 is 24.2 Å². The van der Waals surface area contributed by atoms with E-state index < -0.39 is 12.1 Å². The van der Waals surface area contributed by atoms with Gasteiger partial charge in [0.1, 0.15) is 0 Å². The average Bonchev–Trinajstić information content (AvgIpc) is 2.75. The highest BCUT2D eigenvalue weighted by molar-refractivity contribution is 5.98. The molecule has 1 aromatic heterocycles. The van der Waals surface area contributed by atoms with Crippen molar-refractivity contribution in [3.05, 3.63) is 23.8 Å². The summed E-state index contributed by atoms with van der Waals surface area (Å²) in [6, 6.07) is 4.42. The van der Waals surface area contributed by atoms with Crippen LogP contribution >= 0.6 is 0 Å². The fourth-order valence-corrected chi connectivity index (χ4v) is 1.63. The van der Waals surface area contributed by atoms with Crippen LogP contribution in [0.1, 0.15) is 10.4 Å². The van der Waals surface area contributed by atoms with Crippen LogP contribution < -0.4 is 4.74 Å². The molecule has 18 heavy (non-hydrogen) atoms. The number of carbonyl (C=O) groups is 2. The van der Waals surface area contributed by atoms with Crippen LogP contribution in [0.5, 0.6) is 5.88 Å². The van der Waals surface area contributed by atoms with Crippen LogP contribution in [-0.4, -0.2) is 41.2 Å². The van der Waals surface area contributed by atoms with E-state index in [0.717, 1.165) is 4.68 Å². The molecule has 0 saturated carbocycles. The highest BCUT2D eigenvalue weighted by Crippen LogP contribution is 2.26. The maximum Gasteiger partial charge on any atom is 0.432 e. The number of fused-ring (bicyclic) bond motifs is 1. The van der Waals surface area contributed by atoms with Crippen LogP contribution in [0.15, 0.2) is 18.2 Å². The molecule has 0 radical (unpaired) electrons. The van der Waals surface area contributed by atoms with Gasteiger partial charge in [-0.15, -0.1) is 5.10 Å². The second-order valence-corrected chi connectivity index (χ2v) is 3.43. The number of esters is 1. The quantitative estimate of drug-likeness (QED) is 0.809. The molecule has 0 aliphatic carbocycles. The molecule has 94 valence electrons. The monoisotopic (exact) mass is 250 g/mol. The molecule has 7 nitrogen and oxygen atoms in total. The van der Waals surface area contributed by atoms with E-state index in [2.05, 4.69) is 9.84 Å². The summed E-state index contributed by atoms with van der Waals surface area (Å²) in [4.78, 5) is 22.4. The topological polar surface area (TPSA) is 90.7 Å². The lowest BCUT2D eigenvalue weighted by Crippen LogP contribution is -2.09. The minimum atomic E-state index is -1.23. The van der Waals surface area contributed by atoms with Gasteiger partial charge in [-0.05, 0) is 18.2 Å². The summed E-state index contributed by atoms with van der Waals surface area (Å²) in [5, 5.41) is 13.2. The third kappa shape index (κ3) is 1.75. The van der Waals surface area contributed by atoms with Crippen molar-refractivity contribution in [1.82, 2.24) is 9.78 Å². The van der Waals surface area contributed by atoms with E-state index in [1.165, 1.54) is 32.4 Å². The molecule has 0 spiro atoms. The fourth-order valence-electron chi connectivity index (χ4n) is 1.63. The first-order valence-corrected chi connectivity index (χ1v) is 4.97. The zero-order valence-electron chi connectivity index (χ0n) is 9.71. The summed E-state index contributed by atoms with van der Waals surface area (Å²) in [5.41, 5.74) is 0.639. The van der Waals surface area contributed by atoms with Gasteiger partial charge in [0, 0.05) is 0 Å². The number of hydrogen-bond donors (Lipinski definition) is 1. The van der Waals surface area contributed by atoms with Crippen LogP contribution in [0, 0.1) is 0 Å². The molecule has 0 bridgehead atoms. The van der Waals surface area contributed by atoms with Crippen molar-refractivity contribution in [1.29, 1.82) is 0 Å². The average molecular weight is 250 g/mol. The smallest absolute Gasteiger partial charge is 0.432 e. The van der Waals surface area contributed by atoms with Gasteiger partial charge in [-0.25, -0.2) is 9.59 Å². The van der Waals surface area contributed by atoms with E-state index in [1.54, 1.807) is 0 Å². The molecule has 0 aliphatic rings. The number of hydrogen-bond acceptors (Lipinski definition) is 5. The third-order valence-corrected chi connectivity index (χ3v) is 2.44. The van der Waals surface area contributed by atoms with E-state index in [1.807, 2.05) is 0 Å². The molecule has 0 amide bonds. The number of carbonyl (C=O) groups excluding carboxylic acids is 1. The molecule has 1 N–H and O–H groups in total. The van der Waals surface area contributed by atoms with Crippen molar-refractivity contribution >= 4 is 23.0 Å². The Labute approximate surface area is 102 Å². The van der Waals surface area contributed by atoms with E-state index in [9.17, 15) is 9.59 Å². The van der Waals surface area contributed by atoms with Crippen LogP contribution in [0.3, 0.4) is 0 Å². The minimum Gasteiger partial charge on any atom is -0.479 e. The second kappa shape index (κ2) is 4.36. The van der Waals surface area contributed by atoms with E-state index in [-0.39, 0.29) is 5.88 Å². The van der Waals surface area contributed by atoms with Crippen LogP contribution in [0.2, 0.25) is 0 Å². The van der Waals surface area contributed by atoms with Gasteiger partial charge < -0.3 is 14.6 Å². The number of ether oxygens (including phenoxy) is 2. The number of rotatable bonds is 2. The Hall–Kier alpha value is -2.57. The van der Waals surface area contributed by atoms with Crippen LogP contribution in [0.25, 0.3) is 10.9 Å². The minimum absolute atomic E-state index is 0.137. The zero-order chi connectivity index (χ0) is 13.3. The first-order valence-electron chi connectivity index (χ1n) is 4.97. The maximum absolute atomic E-state index is 11.4. The Morgan fingerprint density at radius 1 is 1.33 bits per heavy atom. The molecule has 7 heteroatoms. The van der Waals surface area contributed by atoms with Crippen molar-refractivity contribution in [3.8, 4) is 5.88 Å². The van der Waals surface area contributed by atoms with Gasteiger partial charge in [0.05, 0.1) is 30.7 Å². The largest absolute Gasteiger partial charge is 0.479 e. The lowest BCUT2D eigenvalue weighted by Gasteiger charge is -2.00. The van der Waals surface area contributed by atoms with Gasteiger partial charge in [-0.1, -0.05) is 0 Å². The van der Waals surface area contributed by atoms with E-state index in [4.69, 9.17) is 9.84 Å². The van der Waals surface area contributed by atoms with Crippen molar-refractivity contribution in [3.63, 3.8) is 0 Å². The number of benzene rings is 1. The SMILES string of the molecule is COC(=O)c1ccc2c(c1)c(OC)nn2C(=O)O. The Morgan fingerprint density at radius 2 is 2.06 bits per heavy atom. The van der Waals surface area contributed by atoms with Gasteiger partial charge in [0.15, 0.2) is 0 Å². The molecule has 0 unspecified atom stereocenters. The van der Waals surface area contributed by atoms with Crippen LogP contribution in [0.4, 0.5) is 4.79 Å². The summed E-state index contributed by atoms with van der Waals surface area (Å²) in [7, 11) is 2.64. The third-order valence-electron chi connectivity index (χ3n) is 2.44. The zero-order valence-corrected chi connectivity index (χ0v) is 9.71. The number of methoxy groups -OCH3 is 2. The molecule has 1 heterocycles. The number of nitrogens with zero attached hydrogens (tertiary/aromatic N) is 2. The van der Waals surface area contributed by atoms with E-state index in [0.29, 0.717) is 16.5 Å². The fraction of sp³-hybridized carbons (Fsp3) is 0.182. The second-order valence-electron chi connectivity index (χ2n) is 3.43. The lowest BCUT2D eigenvalue weighted by molar-refractivity contribution is 0.0601. The Morgan fingerprint density at radius 3 is 2.61 bits per heavy atom. The molecular weight excluding hydrogens is 240 g/mol. The molecule has 0 saturated heterocycles. The highest BCUT2D eigenvalue weighted by atomic mass is 16.5. The molecule has 0 aliphatic heterocycles. The lowest BCUT2D eigenvalue weighted by atomic mass is 10.1. The van der Waals surface area contributed by atoms with Crippen molar-refractivity contribution in [2.75, 3.05) is 14.2 Å². The summed E-state index contributed by atoms with van der Waals surface area (Å²) < 4.78 is 10.4. The first kappa shape index (κ1) is 11.9. The van der Waals surface area contributed by atoms with Gasteiger partial charge in [-0.3, -0.25) is 0 Å². The summed E-state index contributed by atoms with van der Waals surface area (Å²) in [6.45, 7) is 0. The summed E-state index contributed by atoms with van der Waals surface area (Å²) in [6.07, 6.45) is -1.23. The molecular formula is C11H10N2O5. The molecule has 0 atom stereocenters. The van der Waals surface area contributed by atoms with Gasteiger partial charge in [-0.2, -0.15) is 4.68 Å². The maximum atomic E-state index is 11.4. The molecule has 1 aromatic carbocycles. The van der Waals surface area contributed by atoms with Gasteiger partial charge >= 0.3 is 12.1 Å². The first-order chi connectivity index (χ1) is 8.58. The molecule has 0 fully saturated rings. The van der Waals surface area contributed by atoms with Gasteiger partial charge in [0.25, 0.3) is 0 Å². The summed E-state index contributed by atoms with van der Waals surface area (Å²) >= 11 is 0. The number of carboxylic acid groups (broad SMARTS) is 1. The van der Waals surface area contributed by atoms with E-state index >= 15 is 0 Å². The normalized spacial score (nSPS) is 10.3. The van der Waals surface area contributed by atoms with Crippen molar-refractivity contribution in [2.45, 2.75) is 0 Å². The molecule has 2 aromatic rings. The Balaban J connectivity index is 2.69. The number of aromatic nitrogens is 2. The standard InChI is InChI=1S/C11H10N2O5/c1-17-9-7-5-6(10(14)18-2)3-4-8(7)13(12-9)11(15)16/h3-5H,1-2H3,(H,15,16). The predicted octanol–water partition coefficient (Wildman–Crippen LogP) is 1.36. The Kier molecular flexibility index (Phi) is 2.88. The van der Waals surface area contributed by atoms with Crippen LogP contribution in [-0.2, 0) is 4.74 Å².